The van der Waals surface area contributed by atoms with Gasteiger partial charge in [-0.25, -0.2) is 0 Å². The molecule has 1 N–H and O–H groups in total. The summed E-state index contributed by atoms with van der Waals surface area (Å²) in [6.07, 6.45) is 10.7. The summed E-state index contributed by atoms with van der Waals surface area (Å²) in [4.78, 5) is 10.6. The number of aryl methyl sites for hydroxylation is 1. The minimum atomic E-state index is -0.773. The van der Waals surface area contributed by atoms with Gasteiger partial charge in [0.25, 0.3) is 0 Å². The molecule has 0 amide bonds. The smallest absolute Gasteiger partial charge is 0.303 e. The molecule has 0 heterocycles. The third-order valence-electron chi connectivity index (χ3n) is 3.88. The maximum Gasteiger partial charge on any atom is 0.303 e. The monoisotopic (exact) mass is 312 g/mol. The van der Waals surface area contributed by atoms with Crippen molar-refractivity contribution in [3.8, 4) is 0 Å². The van der Waals surface area contributed by atoms with Crippen molar-refractivity contribution in [2.75, 3.05) is 0 Å². The standard InChI is InChI=1S/C20H24O3/c1-3-7-17(14-15(2)8-6-11-20(21)22)23-19-13-12-16-9-4-5-10-18(16)19/h3-5,7-10,14,19H,6,11-13H2,1-2H3,(H,21,22)/b7-3-,15-8+,17-14+. The molecule has 3 heteroatoms. The first-order valence-electron chi connectivity index (χ1n) is 8.07. The second-order valence-electron chi connectivity index (χ2n) is 5.77. The second-order valence-corrected chi connectivity index (χ2v) is 5.77. The Morgan fingerprint density at radius 2 is 2.17 bits per heavy atom. The molecule has 0 radical (unpaired) electrons. The van der Waals surface area contributed by atoms with Gasteiger partial charge in [0.05, 0.1) is 0 Å². The highest BCUT2D eigenvalue weighted by Gasteiger charge is 2.23. The van der Waals surface area contributed by atoms with E-state index in [1.165, 1.54) is 11.1 Å². The Morgan fingerprint density at radius 1 is 1.39 bits per heavy atom. The molecule has 0 saturated heterocycles. The van der Waals surface area contributed by atoms with Crippen molar-refractivity contribution < 1.29 is 14.6 Å². The van der Waals surface area contributed by atoms with Crippen molar-refractivity contribution in [1.82, 2.24) is 0 Å². The third kappa shape index (κ3) is 5.13. The number of benzene rings is 1. The lowest BCUT2D eigenvalue weighted by Crippen LogP contribution is -1.99. The minimum Gasteiger partial charge on any atom is -0.486 e. The number of hydrogen-bond donors (Lipinski definition) is 1. The third-order valence-corrected chi connectivity index (χ3v) is 3.88. The van der Waals surface area contributed by atoms with Gasteiger partial charge in [0, 0.05) is 6.42 Å². The molecule has 1 aliphatic rings. The molecular weight excluding hydrogens is 288 g/mol. The Labute approximate surface area is 138 Å². The highest BCUT2D eigenvalue weighted by molar-refractivity contribution is 5.66. The molecule has 1 atom stereocenters. The van der Waals surface area contributed by atoms with Crippen LogP contribution in [0.4, 0.5) is 0 Å². The Balaban J connectivity index is 2.07. The number of hydrogen-bond acceptors (Lipinski definition) is 2. The van der Waals surface area contributed by atoms with E-state index in [4.69, 9.17) is 9.84 Å². The number of allylic oxidation sites excluding steroid dienone is 5. The quantitative estimate of drug-likeness (QED) is 0.571. The number of ether oxygens (including phenoxy) is 1. The topological polar surface area (TPSA) is 46.5 Å². The Hall–Kier alpha value is -2.29. The summed E-state index contributed by atoms with van der Waals surface area (Å²) in [6, 6.07) is 8.42. The molecule has 0 aliphatic heterocycles. The Kier molecular flexibility index (Phi) is 6.21. The van der Waals surface area contributed by atoms with Gasteiger partial charge < -0.3 is 9.84 Å². The predicted octanol–water partition coefficient (Wildman–Crippen LogP) is 4.96. The predicted molar refractivity (Wildman–Crippen MR) is 92.1 cm³/mol. The molecular formula is C20H24O3. The summed E-state index contributed by atoms with van der Waals surface area (Å²) < 4.78 is 6.19. The van der Waals surface area contributed by atoms with Crippen molar-refractivity contribution in [3.05, 3.63) is 71.0 Å². The molecule has 0 spiro atoms. The van der Waals surface area contributed by atoms with Crippen LogP contribution in [0.2, 0.25) is 0 Å². The maximum absolute atomic E-state index is 10.6. The average Bonchev–Trinajstić information content (AvgIpc) is 2.90. The highest BCUT2D eigenvalue weighted by Crippen LogP contribution is 2.35. The number of carboxylic acid groups (broad SMARTS) is 1. The van der Waals surface area contributed by atoms with Gasteiger partial charge in [-0.3, -0.25) is 4.79 Å². The molecule has 0 aromatic heterocycles. The fourth-order valence-electron chi connectivity index (χ4n) is 2.80. The van der Waals surface area contributed by atoms with E-state index < -0.39 is 5.97 Å². The minimum absolute atomic E-state index is 0.0977. The number of fused-ring (bicyclic) bond motifs is 1. The van der Waals surface area contributed by atoms with Crippen LogP contribution in [0.25, 0.3) is 0 Å². The van der Waals surface area contributed by atoms with Crippen LogP contribution in [-0.4, -0.2) is 11.1 Å². The van der Waals surface area contributed by atoms with Crippen LogP contribution in [0.1, 0.15) is 50.3 Å². The van der Waals surface area contributed by atoms with Crippen LogP contribution in [-0.2, 0) is 16.0 Å². The summed E-state index contributed by atoms with van der Waals surface area (Å²) in [5.41, 5.74) is 3.66. The molecule has 3 nitrogen and oxygen atoms in total. The zero-order valence-corrected chi connectivity index (χ0v) is 13.8. The van der Waals surface area contributed by atoms with E-state index in [9.17, 15) is 4.79 Å². The maximum atomic E-state index is 10.6. The van der Waals surface area contributed by atoms with E-state index >= 15 is 0 Å². The van der Waals surface area contributed by atoms with Gasteiger partial charge in [-0.15, -0.1) is 0 Å². The van der Waals surface area contributed by atoms with Gasteiger partial charge in [0.2, 0.25) is 0 Å². The number of rotatable bonds is 7. The van der Waals surface area contributed by atoms with Crippen LogP contribution in [0.5, 0.6) is 0 Å². The van der Waals surface area contributed by atoms with Gasteiger partial charge in [0.1, 0.15) is 11.9 Å². The van der Waals surface area contributed by atoms with Crippen molar-refractivity contribution in [2.45, 2.75) is 45.6 Å². The molecule has 23 heavy (non-hydrogen) atoms. The normalized spacial score (nSPS) is 18.3. The van der Waals surface area contributed by atoms with E-state index in [1.807, 2.05) is 38.2 Å². The van der Waals surface area contributed by atoms with Crippen LogP contribution >= 0.6 is 0 Å². The SMILES string of the molecule is C\C=C/C(=C\C(C)=C\CCC(=O)O)OC1CCc2ccccc21. The first-order chi connectivity index (χ1) is 11.1. The fraction of sp³-hybridized carbons (Fsp3) is 0.350. The number of carbonyl (C=O) groups is 1. The molecule has 1 aromatic rings. The van der Waals surface area contributed by atoms with E-state index in [1.54, 1.807) is 0 Å². The summed E-state index contributed by atoms with van der Waals surface area (Å²) in [5.74, 6) is 0.0452. The van der Waals surface area contributed by atoms with Crippen molar-refractivity contribution in [3.63, 3.8) is 0 Å². The zero-order valence-electron chi connectivity index (χ0n) is 13.8. The van der Waals surface area contributed by atoms with Crippen LogP contribution < -0.4 is 0 Å². The molecule has 1 unspecified atom stereocenters. The summed E-state index contributed by atoms with van der Waals surface area (Å²) in [6.45, 7) is 3.93. The molecule has 122 valence electrons. The fourth-order valence-corrected chi connectivity index (χ4v) is 2.80. The first kappa shape index (κ1) is 17.1. The molecule has 1 aromatic carbocycles. The number of aliphatic carboxylic acids is 1. The van der Waals surface area contributed by atoms with Crippen LogP contribution in [0.3, 0.4) is 0 Å². The van der Waals surface area contributed by atoms with Crippen molar-refractivity contribution in [2.24, 2.45) is 0 Å². The highest BCUT2D eigenvalue weighted by atomic mass is 16.5. The van der Waals surface area contributed by atoms with Gasteiger partial charge >= 0.3 is 5.97 Å². The Bertz CT molecular complexity index is 638. The zero-order chi connectivity index (χ0) is 16.7. The van der Waals surface area contributed by atoms with E-state index in [2.05, 4.69) is 24.3 Å². The van der Waals surface area contributed by atoms with Gasteiger partial charge in [0.15, 0.2) is 0 Å². The van der Waals surface area contributed by atoms with E-state index in [-0.39, 0.29) is 12.5 Å². The number of carboxylic acids is 1. The Morgan fingerprint density at radius 3 is 2.91 bits per heavy atom. The van der Waals surface area contributed by atoms with Gasteiger partial charge in [-0.2, -0.15) is 0 Å². The molecule has 2 rings (SSSR count). The van der Waals surface area contributed by atoms with E-state index in [0.29, 0.717) is 6.42 Å². The van der Waals surface area contributed by atoms with Crippen molar-refractivity contribution in [1.29, 1.82) is 0 Å². The van der Waals surface area contributed by atoms with Crippen molar-refractivity contribution >= 4 is 5.97 Å². The molecule has 1 aliphatic carbocycles. The lowest BCUT2D eigenvalue weighted by atomic mass is 10.1. The van der Waals surface area contributed by atoms with E-state index in [0.717, 1.165) is 24.2 Å². The average molecular weight is 312 g/mol. The molecule has 0 saturated carbocycles. The summed E-state index contributed by atoms with van der Waals surface area (Å²) >= 11 is 0. The lowest BCUT2D eigenvalue weighted by molar-refractivity contribution is -0.136. The van der Waals surface area contributed by atoms with Crippen LogP contribution in [0, 0.1) is 0 Å². The molecule has 0 bridgehead atoms. The van der Waals surface area contributed by atoms with Gasteiger partial charge in [-0.1, -0.05) is 42.0 Å². The van der Waals surface area contributed by atoms with Gasteiger partial charge in [-0.05, 0) is 56.4 Å². The molecule has 0 fully saturated rings. The van der Waals surface area contributed by atoms with Crippen LogP contribution in [0.15, 0.2) is 59.9 Å². The summed E-state index contributed by atoms with van der Waals surface area (Å²) in [5, 5.41) is 8.69. The lowest BCUT2D eigenvalue weighted by Gasteiger charge is -2.16. The summed E-state index contributed by atoms with van der Waals surface area (Å²) in [7, 11) is 0. The first-order valence-corrected chi connectivity index (χ1v) is 8.07. The second kappa shape index (κ2) is 8.37. The largest absolute Gasteiger partial charge is 0.486 e.